The van der Waals surface area contributed by atoms with Crippen molar-refractivity contribution in [2.24, 2.45) is 0 Å². The average Bonchev–Trinajstić information content (AvgIpc) is 2.89. The van der Waals surface area contributed by atoms with Crippen LogP contribution in [0.2, 0.25) is 0 Å². The molecule has 4 heteroatoms. The molecule has 0 aliphatic carbocycles. The van der Waals surface area contributed by atoms with Crippen LogP contribution in [-0.4, -0.2) is 47.6 Å². The number of quaternary nitrogens is 1. The molecule has 4 nitrogen and oxygen atoms in total. The highest BCUT2D eigenvalue weighted by atomic mass is 16.5. The Hall–Kier alpha value is -1.88. The van der Waals surface area contributed by atoms with Gasteiger partial charge in [-0.25, -0.2) is 0 Å². The second kappa shape index (κ2) is 6.79. The molecule has 0 radical (unpaired) electrons. The number of benzene rings is 2. The lowest BCUT2D eigenvalue weighted by Crippen LogP contribution is -3.16. The molecule has 4 rings (SSSR count). The van der Waals surface area contributed by atoms with Crippen molar-refractivity contribution in [3.8, 4) is 0 Å². The number of ether oxygens (including phenoxy) is 1. The molecule has 1 aliphatic rings. The Kier molecular flexibility index (Phi) is 4.50. The Labute approximate surface area is 148 Å². The number of rotatable bonds is 4. The number of aliphatic hydroxyl groups excluding tert-OH is 1. The number of hydrogen-bond acceptors (Lipinski definition) is 2. The van der Waals surface area contributed by atoms with Gasteiger partial charge in [-0.05, 0) is 26.0 Å². The Balaban J connectivity index is 1.59. The largest absolute Gasteiger partial charge is 0.385 e. The number of nitrogens with one attached hydrogen (secondary N) is 1. The topological polar surface area (TPSA) is 38.8 Å². The summed E-state index contributed by atoms with van der Waals surface area (Å²) in [6.07, 6.45) is 0.157. The third-order valence-corrected chi connectivity index (χ3v) is 5.21. The summed E-state index contributed by atoms with van der Waals surface area (Å²) in [7, 11) is 0. The molecule has 1 aliphatic heterocycles. The molecule has 2 N–H and O–H groups in total. The van der Waals surface area contributed by atoms with Crippen molar-refractivity contribution < 1.29 is 14.7 Å². The first-order valence-corrected chi connectivity index (χ1v) is 9.25. The fourth-order valence-corrected chi connectivity index (χ4v) is 4.36. The van der Waals surface area contributed by atoms with Crippen molar-refractivity contribution in [3.05, 3.63) is 48.5 Å². The lowest BCUT2D eigenvalue weighted by Gasteiger charge is -2.33. The fraction of sp³-hybridized carbons (Fsp3) is 0.429. The van der Waals surface area contributed by atoms with Crippen LogP contribution in [0.1, 0.15) is 13.8 Å². The van der Waals surface area contributed by atoms with Gasteiger partial charge in [0.15, 0.2) is 0 Å². The molecule has 0 bridgehead atoms. The average molecular weight is 339 g/mol. The number of fused-ring (bicyclic) bond motifs is 3. The normalized spacial score (nSPS) is 25.5. The molecule has 0 saturated carbocycles. The molecule has 3 aromatic rings. The van der Waals surface area contributed by atoms with Gasteiger partial charge in [0.05, 0.1) is 6.54 Å². The molecule has 25 heavy (non-hydrogen) atoms. The van der Waals surface area contributed by atoms with Gasteiger partial charge in [-0.1, -0.05) is 36.4 Å². The quantitative estimate of drug-likeness (QED) is 0.761. The van der Waals surface area contributed by atoms with E-state index < -0.39 is 0 Å². The highest BCUT2D eigenvalue weighted by Crippen LogP contribution is 2.28. The van der Waals surface area contributed by atoms with Crippen molar-refractivity contribution >= 4 is 21.8 Å². The van der Waals surface area contributed by atoms with Crippen molar-refractivity contribution in [2.45, 2.75) is 38.7 Å². The maximum atomic E-state index is 10.8. The maximum absolute atomic E-state index is 10.8. The zero-order chi connectivity index (χ0) is 17.4. The van der Waals surface area contributed by atoms with Gasteiger partial charge in [-0.2, -0.15) is 0 Å². The molecule has 3 atom stereocenters. The van der Waals surface area contributed by atoms with Gasteiger partial charge >= 0.3 is 0 Å². The van der Waals surface area contributed by atoms with Gasteiger partial charge in [-0.3, -0.25) is 0 Å². The minimum Gasteiger partial charge on any atom is -0.385 e. The van der Waals surface area contributed by atoms with Crippen LogP contribution in [0.4, 0.5) is 0 Å². The van der Waals surface area contributed by atoms with Crippen LogP contribution in [0.15, 0.2) is 48.5 Å². The van der Waals surface area contributed by atoms with E-state index in [2.05, 4.69) is 66.9 Å². The van der Waals surface area contributed by atoms with Gasteiger partial charge in [-0.15, -0.1) is 0 Å². The predicted octanol–water partition coefficient (Wildman–Crippen LogP) is 1.85. The molecule has 1 aromatic heterocycles. The van der Waals surface area contributed by atoms with Crippen molar-refractivity contribution in [1.82, 2.24) is 4.57 Å². The molecule has 2 heterocycles. The molecule has 132 valence electrons. The molecule has 0 unspecified atom stereocenters. The van der Waals surface area contributed by atoms with Crippen molar-refractivity contribution in [1.29, 1.82) is 0 Å². The van der Waals surface area contributed by atoms with Crippen molar-refractivity contribution in [2.75, 3.05) is 19.6 Å². The minimum absolute atomic E-state index is 0.263. The van der Waals surface area contributed by atoms with E-state index in [-0.39, 0.29) is 18.3 Å². The molecule has 0 amide bonds. The second-order valence-corrected chi connectivity index (χ2v) is 7.42. The molecular weight excluding hydrogens is 312 g/mol. The van der Waals surface area contributed by atoms with E-state index in [4.69, 9.17) is 4.74 Å². The van der Waals surface area contributed by atoms with E-state index in [1.54, 1.807) is 0 Å². The molecule has 0 spiro atoms. The Morgan fingerprint density at radius 1 is 1.00 bits per heavy atom. The Morgan fingerprint density at radius 2 is 1.52 bits per heavy atom. The number of aliphatic hydroxyl groups is 1. The number of hydrogen-bond donors (Lipinski definition) is 2. The van der Waals surface area contributed by atoms with Crippen LogP contribution in [-0.2, 0) is 11.3 Å². The predicted molar refractivity (Wildman–Crippen MR) is 101 cm³/mol. The first-order valence-electron chi connectivity index (χ1n) is 9.25. The van der Waals surface area contributed by atoms with E-state index in [9.17, 15) is 5.11 Å². The van der Waals surface area contributed by atoms with Crippen LogP contribution >= 0.6 is 0 Å². The summed E-state index contributed by atoms with van der Waals surface area (Å²) in [6, 6.07) is 16.9. The smallest absolute Gasteiger partial charge is 0.121 e. The minimum atomic E-state index is -0.369. The lowest BCUT2D eigenvalue weighted by atomic mass is 10.2. The van der Waals surface area contributed by atoms with Gasteiger partial charge in [0.2, 0.25) is 0 Å². The lowest BCUT2D eigenvalue weighted by molar-refractivity contribution is -0.918. The number of aromatic nitrogens is 1. The highest BCUT2D eigenvalue weighted by molar-refractivity contribution is 6.07. The van der Waals surface area contributed by atoms with Crippen LogP contribution in [0.3, 0.4) is 0 Å². The highest BCUT2D eigenvalue weighted by Gasteiger charge is 2.27. The van der Waals surface area contributed by atoms with Gasteiger partial charge in [0.1, 0.15) is 37.9 Å². The van der Waals surface area contributed by atoms with Crippen LogP contribution in [0, 0.1) is 0 Å². The number of nitrogens with zero attached hydrogens (tertiary/aromatic N) is 1. The fourth-order valence-electron chi connectivity index (χ4n) is 4.36. The molecule has 1 saturated heterocycles. The maximum Gasteiger partial charge on any atom is 0.121 e. The first-order chi connectivity index (χ1) is 12.1. The zero-order valence-electron chi connectivity index (χ0n) is 15.0. The van der Waals surface area contributed by atoms with Gasteiger partial charge in [0.25, 0.3) is 0 Å². The van der Waals surface area contributed by atoms with E-state index in [0.717, 1.165) is 19.6 Å². The number of morpholine rings is 1. The summed E-state index contributed by atoms with van der Waals surface area (Å²) >= 11 is 0. The first kappa shape index (κ1) is 16.6. The van der Waals surface area contributed by atoms with E-state index in [1.165, 1.54) is 26.7 Å². The third kappa shape index (κ3) is 3.30. The Bertz CT molecular complexity index is 809. The third-order valence-electron chi connectivity index (χ3n) is 5.21. The summed E-state index contributed by atoms with van der Waals surface area (Å²) in [5, 5.41) is 13.3. The van der Waals surface area contributed by atoms with E-state index >= 15 is 0 Å². The van der Waals surface area contributed by atoms with E-state index in [0.29, 0.717) is 6.54 Å². The SMILES string of the molecule is C[C@H]1C[NH+](C[C@H](O)Cn2c3ccccc3c3ccccc32)C[C@H](C)O1. The summed E-state index contributed by atoms with van der Waals surface area (Å²) in [5.41, 5.74) is 2.39. The molecule has 2 aromatic carbocycles. The number of para-hydroxylation sites is 2. The summed E-state index contributed by atoms with van der Waals surface area (Å²) in [4.78, 5) is 1.43. The zero-order valence-corrected chi connectivity index (χ0v) is 15.0. The van der Waals surface area contributed by atoms with Gasteiger partial charge in [0, 0.05) is 21.8 Å². The molecular formula is C21H27N2O2+. The van der Waals surface area contributed by atoms with Gasteiger partial charge < -0.3 is 19.3 Å². The molecule has 1 fully saturated rings. The summed E-state index contributed by atoms with van der Waals surface area (Å²) in [5.74, 6) is 0. The summed E-state index contributed by atoms with van der Waals surface area (Å²) in [6.45, 7) is 7.56. The summed E-state index contributed by atoms with van der Waals surface area (Å²) < 4.78 is 8.08. The van der Waals surface area contributed by atoms with Crippen LogP contribution < -0.4 is 4.90 Å². The second-order valence-electron chi connectivity index (χ2n) is 7.42. The van der Waals surface area contributed by atoms with Crippen molar-refractivity contribution in [3.63, 3.8) is 0 Å². The Morgan fingerprint density at radius 3 is 2.08 bits per heavy atom. The monoisotopic (exact) mass is 339 g/mol. The van der Waals surface area contributed by atoms with E-state index in [1.807, 2.05) is 0 Å². The van der Waals surface area contributed by atoms with Crippen LogP contribution in [0.25, 0.3) is 21.8 Å². The van der Waals surface area contributed by atoms with Crippen LogP contribution in [0.5, 0.6) is 0 Å². The standard InChI is InChI=1S/C21H26N2O2/c1-15-11-22(12-16(2)25-15)13-17(24)14-23-20-9-5-3-7-18(20)19-8-4-6-10-21(19)23/h3-10,15-17,24H,11-14H2,1-2H3/p+1/t15-,16-,17-/m0/s1.